The molecule has 2 aliphatic rings. The molecule has 3 N–H and O–H groups in total. The standard InChI is InChI=1S/C25H34N2O4/c1-26-16-24-20-7-8-22(28)25(29)21(20)15-23(31-24)18-10-13-27(14-11-18)12-9-17-3-5-19(30-2)6-4-17/h3-8,18,23-24,26,28-29H,9-16H2,1-2H3. The molecule has 2 aliphatic heterocycles. The highest BCUT2D eigenvalue weighted by molar-refractivity contribution is 5.51. The van der Waals surface area contributed by atoms with Crippen LogP contribution in [0, 0.1) is 5.92 Å². The summed E-state index contributed by atoms with van der Waals surface area (Å²) in [4.78, 5) is 2.53. The zero-order valence-corrected chi connectivity index (χ0v) is 18.5. The van der Waals surface area contributed by atoms with E-state index in [2.05, 4.69) is 22.3 Å². The summed E-state index contributed by atoms with van der Waals surface area (Å²) >= 11 is 0. The highest BCUT2D eigenvalue weighted by Crippen LogP contribution is 2.42. The fourth-order valence-electron chi connectivity index (χ4n) is 4.94. The third-order valence-electron chi connectivity index (χ3n) is 6.81. The largest absolute Gasteiger partial charge is 0.504 e. The van der Waals surface area contributed by atoms with Crippen molar-refractivity contribution in [2.24, 2.45) is 5.92 Å². The molecule has 6 heteroatoms. The maximum atomic E-state index is 10.5. The van der Waals surface area contributed by atoms with E-state index >= 15 is 0 Å². The van der Waals surface area contributed by atoms with Crippen LogP contribution >= 0.6 is 0 Å². The van der Waals surface area contributed by atoms with Crippen molar-refractivity contribution >= 4 is 0 Å². The lowest BCUT2D eigenvalue weighted by Gasteiger charge is -2.40. The van der Waals surface area contributed by atoms with Crippen molar-refractivity contribution < 1.29 is 19.7 Å². The molecule has 0 aliphatic carbocycles. The van der Waals surface area contributed by atoms with E-state index in [1.54, 1.807) is 13.2 Å². The number of hydrogen-bond acceptors (Lipinski definition) is 6. The highest BCUT2D eigenvalue weighted by Gasteiger charge is 2.35. The van der Waals surface area contributed by atoms with Gasteiger partial charge in [-0.1, -0.05) is 18.2 Å². The molecule has 2 heterocycles. The van der Waals surface area contributed by atoms with Gasteiger partial charge in [0.05, 0.1) is 19.3 Å². The van der Waals surface area contributed by atoms with Crippen molar-refractivity contribution in [1.29, 1.82) is 0 Å². The Hall–Kier alpha value is -2.28. The predicted octanol–water partition coefficient (Wildman–Crippen LogP) is 3.26. The molecule has 1 saturated heterocycles. The number of likely N-dealkylation sites (tertiary alicyclic amines) is 1. The Labute approximate surface area is 184 Å². The number of benzene rings is 2. The molecule has 0 spiro atoms. The van der Waals surface area contributed by atoms with E-state index in [1.807, 2.05) is 25.2 Å². The van der Waals surface area contributed by atoms with Gasteiger partial charge in [-0.3, -0.25) is 0 Å². The Morgan fingerprint density at radius 1 is 1.10 bits per heavy atom. The summed E-state index contributed by atoms with van der Waals surface area (Å²) in [6, 6.07) is 11.8. The topological polar surface area (TPSA) is 74.2 Å². The maximum Gasteiger partial charge on any atom is 0.161 e. The Morgan fingerprint density at radius 3 is 2.52 bits per heavy atom. The van der Waals surface area contributed by atoms with E-state index in [0.717, 1.165) is 55.8 Å². The molecule has 0 radical (unpaired) electrons. The Balaban J connectivity index is 1.34. The average Bonchev–Trinajstić information content (AvgIpc) is 2.81. The summed E-state index contributed by atoms with van der Waals surface area (Å²) in [5, 5.41) is 23.6. The minimum Gasteiger partial charge on any atom is -0.504 e. The number of phenolic OH excluding ortho intramolecular Hbond substituents is 2. The van der Waals surface area contributed by atoms with Crippen LogP contribution in [0.1, 0.15) is 35.6 Å². The van der Waals surface area contributed by atoms with Gasteiger partial charge in [0.2, 0.25) is 0 Å². The van der Waals surface area contributed by atoms with E-state index in [-0.39, 0.29) is 23.7 Å². The minimum absolute atomic E-state index is 0.0174. The van der Waals surface area contributed by atoms with E-state index in [4.69, 9.17) is 9.47 Å². The zero-order valence-electron chi connectivity index (χ0n) is 18.5. The van der Waals surface area contributed by atoms with Gasteiger partial charge in [0, 0.05) is 25.1 Å². The Morgan fingerprint density at radius 2 is 1.84 bits per heavy atom. The number of piperidine rings is 1. The second-order valence-electron chi connectivity index (χ2n) is 8.70. The maximum absolute atomic E-state index is 10.5. The number of fused-ring (bicyclic) bond motifs is 1. The van der Waals surface area contributed by atoms with Gasteiger partial charge in [0.25, 0.3) is 0 Å². The van der Waals surface area contributed by atoms with Crippen LogP contribution in [0.25, 0.3) is 0 Å². The monoisotopic (exact) mass is 426 g/mol. The number of aromatic hydroxyl groups is 2. The second kappa shape index (κ2) is 9.90. The fraction of sp³-hybridized carbons (Fsp3) is 0.520. The minimum atomic E-state index is -0.0987. The summed E-state index contributed by atoms with van der Waals surface area (Å²) in [6.45, 7) is 3.88. The summed E-state index contributed by atoms with van der Waals surface area (Å²) in [5.74, 6) is 1.33. The molecule has 6 nitrogen and oxygen atoms in total. The molecule has 0 amide bonds. The van der Waals surface area contributed by atoms with Gasteiger partial charge in [-0.2, -0.15) is 0 Å². The highest BCUT2D eigenvalue weighted by atomic mass is 16.5. The van der Waals surface area contributed by atoms with Gasteiger partial charge < -0.3 is 29.9 Å². The molecule has 1 fully saturated rings. The molecule has 0 aromatic heterocycles. The van der Waals surface area contributed by atoms with Crippen LogP contribution in [0.5, 0.6) is 17.2 Å². The van der Waals surface area contributed by atoms with E-state index in [9.17, 15) is 10.2 Å². The second-order valence-corrected chi connectivity index (χ2v) is 8.70. The first kappa shape index (κ1) is 21.9. The van der Waals surface area contributed by atoms with Crippen LogP contribution in [-0.2, 0) is 17.6 Å². The molecular formula is C25H34N2O4. The van der Waals surface area contributed by atoms with Gasteiger partial charge >= 0.3 is 0 Å². The first-order valence-electron chi connectivity index (χ1n) is 11.3. The molecule has 2 unspecified atom stereocenters. The Bertz CT molecular complexity index is 863. The number of nitrogens with one attached hydrogen (secondary N) is 1. The number of phenols is 2. The van der Waals surface area contributed by atoms with Crippen molar-refractivity contribution in [3.8, 4) is 17.2 Å². The molecule has 0 bridgehead atoms. The molecule has 0 saturated carbocycles. The Kier molecular flexibility index (Phi) is 7.00. The van der Waals surface area contributed by atoms with Crippen molar-refractivity contribution in [3.05, 3.63) is 53.1 Å². The molecule has 168 valence electrons. The van der Waals surface area contributed by atoms with Gasteiger partial charge in [0.15, 0.2) is 11.5 Å². The predicted molar refractivity (Wildman–Crippen MR) is 121 cm³/mol. The molecular weight excluding hydrogens is 392 g/mol. The van der Waals surface area contributed by atoms with Crippen molar-refractivity contribution in [1.82, 2.24) is 10.2 Å². The lowest BCUT2D eigenvalue weighted by molar-refractivity contribution is -0.0670. The van der Waals surface area contributed by atoms with Gasteiger partial charge in [-0.25, -0.2) is 0 Å². The number of methoxy groups -OCH3 is 1. The van der Waals surface area contributed by atoms with Gasteiger partial charge in [0.1, 0.15) is 5.75 Å². The number of hydrogen-bond donors (Lipinski definition) is 3. The van der Waals surface area contributed by atoms with Gasteiger partial charge in [-0.05, 0) is 74.6 Å². The van der Waals surface area contributed by atoms with Crippen LogP contribution in [0.2, 0.25) is 0 Å². The molecule has 2 aromatic rings. The van der Waals surface area contributed by atoms with E-state index in [1.165, 1.54) is 5.56 Å². The smallest absolute Gasteiger partial charge is 0.161 e. The fourth-order valence-corrected chi connectivity index (χ4v) is 4.94. The third-order valence-corrected chi connectivity index (χ3v) is 6.81. The zero-order chi connectivity index (χ0) is 21.8. The molecule has 4 rings (SSSR count). The summed E-state index contributed by atoms with van der Waals surface area (Å²) in [6.07, 6.45) is 3.86. The van der Waals surface area contributed by atoms with Crippen molar-refractivity contribution in [3.63, 3.8) is 0 Å². The van der Waals surface area contributed by atoms with E-state index < -0.39 is 0 Å². The number of nitrogens with zero attached hydrogens (tertiary/aromatic N) is 1. The van der Waals surface area contributed by atoms with Crippen LogP contribution in [0.3, 0.4) is 0 Å². The molecule has 2 atom stereocenters. The first-order chi connectivity index (χ1) is 15.1. The normalized spacial score (nSPS) is 22.3. The molecule has 31 heavy (non-hydrogen) atoms. The lowest BCUT2D eigenvalue weighted by atomic mass is 9.83. The number of likely N-dealkylation sites (N-methyl/N-ethyl adjacent to an activating group) is 1. The van der Waals surface area contributed by atoms with Crippen LogP contribution in [0.15, 0.2) is 36.4 Å². The van der Waals surface area contributed by atoms with Crippen molar-refractivity contribution in [2.75, 3.05) is 40.3 Å². The van der Waals surface area contributed by atoms with Crippen LogP contribution < -0.4 is 10.1 Å². The number of ether oxygens (including phenoxy) is 2. The summed E-state index contributed by atoms with van der Waals surface area (Å²) in [7, 11) is 3.60. The third kappa shape index (κ3) is 4.97. The lowest BCUT2D eigenvalue weighted by Crippen LogP contribution is -2.42. The molecule has 2 aromatic carbocycles. The summed E-state index contributed by atoms with van der Waals surface area (Å²) < 4.78 is 11.7. The van der Waals surface area contributed by atoms with Crippen LogP contribution in [-0.4, -0.2) is 61.6 Å². The van der Waals surface area contributed by atoms with Gasteiger partial charge in [-0.15, -0.1) is 0 Å². The van der Waals surface area contributed by atoms with Crippen LogP contribution in [0.4, 0.5) is 0 Å². The quantitative estimate of drug-likeness (QED) is 0.590. The first-order valence-corrected chi connectivity index (χ1v) is 11.3. The van der Waals surface area contributed by atoms with Crippen molar-refractivity contribution in [2.45, 2.75) is 37.9 Å². The summed E-state index contributed by atoms with van der Waals surface area (Å²) in [5.41, 5.74) is 3.16. The SMILES string of the molecule is CNCC1OC(C2CCN(CCc3ccc(OC)cc3)CC2)Cc2c1ccc(O)c2O. The van der Waals surface area contributed by atoms with E-state index in [0.29, 0.717) is 18.9 Å². The number of rotatable bonds is 7. The average molecular weight is 427 g/mol.